The molecular formula is C13H19BrN2O3. The minimum atomic E-state index is -0.131. The van der Waals surface area contributed by atoms with Crippen molar-refractivity contribution in [3.05, 3.63) is 28.7 Å². The van der Waals surface area contributed by atoms with E-state index < -0.39 is 0 Å². The van der Waals surface area contributed by atoms with E-state index in [0.29, 0.717) is 25.4 Å². The quantitative estimate of drug-likeness (QED) is 0.667. The van der Waals surface area contributed by atoms with Crippen LogP contribution in [0.4, 0.5) is 0 Å². The Bertz CT molecular complexity index is 388. The maximum Gasteiger partial charge on any atom is 0.257 e. The number of carbonyl (C=O) groups is 1. The van der Waals surface area contributed by atoms with Gasteiger partial charge in [-0.25, -0.2) is 0 Å². The molecule has 0 saturated heterocycles. The number of rotatable bonds is 9. The lowest BCUT2D eigenvalue weighted by Gasteiger charge is -2.08. The largest absolute Gasteiger partial charge is 0.484 e. The summed E-state index contributed by atoms with van der Waals surface area (Å²) < 4.78 is 11.2. The van der Waals surface area contributed by atoms with E-state index in [1.54, 1.807) is 7.11 Å². The van der Waals surface area contributed by atoms with E-state index in [9.17, 15) is 4.79 Å². The minimum absolute atomic E-state index is 0.0223. The van der Waals surface area contributed by atoms with Crippen molar-refractivity contribution in [2.75, 3.05) is 40.0 Å². The first-order chi connectivity index (χ1) is 9.22. The number of benzene rings is 1. The van der Waals surface area contributed by atoms with Crippen molar-refractivity contribution in [1.29, 1.82) is 0 Å². The van der Waals surface area contributed by atoms with Crippen molar-refractivity contribution in [1.82, 2.24) is 10.6 Å². The third kappa shape index (κ3) is 7.81. The molecule has 1 aromatic rings. The summed E-state index contributed by atoms with van der Waals surface area (Å²) in [5.74, 6) is 0.538. The van der Waals surface area contributed by atoms with Crippen molar-refractivity contribution in [3.63, 3.8) is 0 Å². The lowest BCUT2D eigenvalue weighted by atomic mass is 10.3. The lowest BCUT2D eigenvalue weighted by molar-refractivity contribution is -0.123. The summed E-state index contributed by atoms with van der Waals surface area (Å²) in [5, 5.41) is 5.90. The highest BCUT2D eigenvalue weighted by Gasteiger charge is 2.02. The van der Waals surface area contributed by atoms with Crippen LogP contribution < -0.4 is 15.4 Å². The second-order valence-electron chi connectivity index (χ2n) is 3.84. The molecule has 1 amide bonds. The Kier molecular flexibility index (Phi) is 8.20. The lowest BCUT2D eigenvalue weighted by Crippen LogP contribution is -2.35. The molecule has 0 saturated carbocycles. The molecule has 1 rings (SSSR count). The van der Waals surface area contributed by atoms with Gasteiger partial charge in [0.15, 0.2) is 6.61 Å². The third-order valence-electron chi connectivity index (χ3n) is 2.27. The first-order valence-corrected chi connectivity index (χ1v) is 6.86. The van der Waals surface area contributed by atoms with Gasteiger partial charge in [-0.05, 0) is 18.2 Å². The molecule has 0 aromatic heterocycles. The van der Waals surface area contributed by atoms with E-state index >= 15 is 0 Å². The molecule has 0 bridgehead atoms. The summed E-state index contributed by atoms with van der Waals surface area (Å²) in [4.78, 5) is 11.5. The third-order valence-corrected chi connectivity index (χ3v) is 2.77. The first-order valence-electron chi connectivity index (χ1n) is 6.07. The Hall–Kier alpha value is -1.11. The van der Waals surface area contributed by atoms with Gasteiger partial charge >= 0.3 is 0 Å². The van der Waals surface area contributed by atoms with E-state index in [1.165, 1.54) is 0 Å². The Labute approximate surface area is 121 Å². The summed E-state index contributed by atoms with van der Waals surface area (Å²) in [6.45, 7) is 2.76. The smallest absolute Gasteiger partial charge is 0.257 e. The Morgan fingerprint density at radius 3 is 2.89 bits per heavy atom. The van der Waals surface area contributed by atoms with Crippen molar-refractivity contribution in [2.45, 2.75) is 0 Å². The Morgan fingerprint density at radius 2 is 2.16 bits per heavy atom. The van der Waals surface area contributed by atoms with Crippen LogP contribution in [0.1, 0.15) is 0 Å². The number of halogens is 1. The van der Waals surface area contributed by atoms with E-state index in [1.807, 2.05) is 24.3 Å². The van der Waals surface area contributed by atoms with Crippen LogP contribution in [0.5, 0.6) is 5.75 Å². The van der Waals surface area contributed by atoms with Gasteiger partial charge in [0.25, 0.3) is 5.91 Å². The zero-order valence-electron chi connectivity index (χ0n) is 10.9. The Balaban J connectivity index is 2.08. The minimum Gasteiger partial charge on any atom is -0.484 e. The SMILES string of the molecule is COCCNCCNC(=O)COc1cccc(Br)c1. The molecule has 1 aromatic carbocycles. The van der Waals surface area contributed by atoms with Crippen LogP contribution in [0.3, 0.4) is 0 Å². The van der Waals surface area contributed by atoms with Gasteiger partial charge in [-0.3, -0.25) is 4.79 Å². The molecule has 0 atom stereocenters. The van der Waals surface area contributed by atoms with Crippen LogP contribution in [0, 0.1) is 0 Å². The molecule has 0 aliphatic rings. The monoisotopic (exact) mass is 330 g/mol. The highest BCUT2D eigenvalue weighted by atomic mass is 79.9. The number of ether oxygens (including phenoxy) is 2. The molecule has 0 aliphatic heterocycles. The van der Waals surface area contributed by atoms with Crippen LogP contribution in [0.15, 0.2) is 28.7 Å². The highest BCUT2D eigenvalue weighted by molar-refractivity contribution is 9.10. The van der Waals surface area contributed by atoms with Crippen molar-refractivity contribution in [2.24, 2.45) is 0 Å². The van der Waals surface area contributed by atoms with Crippen molar-refractivity contribution in [3.8, 4) is 5.75 Å². The maximum absolute atomic E-state index is 11.5. The zero-order valence-corrected chi connectivity index (χ0v) is 12.5. The molecule has 0 fully saturated rings. The second kappa shape index (κ2) is 9.77. The average molecular weight is 331 g/mol. The van der Waals surface area contributed by atoms with Crippen LogP contribution in [0.25, 0.3) is 0 Å². The van der Waals surface area contributed by atoms with Gasteiger partial charge < -0.3 is 20.1 Å². The van der Waals surface area contributed by atoms with Crippen molar-refractivity contribution < 1.29 is 14.3 Å². The second-order valence-corrected chi connectivity index (χ2v) is 4.75. The number of nitrogens with one attached hydrogen (secondary N) is 2. The van der Waals surface area contributed by atoms with E-state index in [-0.39, 0.29) is 12.5 Å². The van der Waals surface area contributed by atoms with Gasteiger partial charge in [0.1, 0.15) is 5.75 Å². The van der Waals surface area contributed by atoms with Crippen LogP contribution in [-0.2, 0) is 9.53 Å². The number of hydrogen-bond donors (Lipinski definition) is 2. The van der Waals surface area contributed by atoms with Gasteiger partial charge in [0.05, 0.1) is 6.61 Å². The molecule has 0 radical (unpaired) electrons. The highest BCUT2D eigenvalue weighted by Crippen LogP contribution is 2.17. The normalized spacial score (nSPS) is 10.2. The van der Waals surface area contributed by atoms with Gasteiger partial charge in [-0.2, -0.15) is 0 Å². The zero-order chi connectivity index (χ0) is 13.9. The predicted octanol–water partition coefficient (Wildman–Crippen LogP) is 1.18. The average Bonchev–Trinajstić information content (AvgIpc) is 2.40. The van der Waals surface area contributed by atoms with Gasteiger partial charge in [-0.1, -0.05) is 22.0 Å². The van der Waals surface area contributed by atoms with Gasteiger partial charge in [-0.15, -0.1) is 0 Å². The van der Waals surface area contributed by atoms with Crippen LogP contribution in [-0.4, -0.2) is 45.9 Å². The number of carbonyl (C=O) groups excluding carboxylic acids is 1. The summed E-state index contributed by atoms with van der Waals surface area (Å²) in [6, 6.07) is 7.39. The summed E-state index contributed by atoms with van der Waals surface area (Å²) in [6.07, 6.45) is 0. The summed E-state index contributed by atoms with van der Waals surface area (Å²) in [7, 11) is 1.66. The fourth-order valence-corrected chi connectivity index (χ4v) is 1.72. The molecule has 5 nitrogen and oxygen atoms in total. The van der Waals surface area contributed by atoms with Crippen LogP contribution in [0.2, 0.25) is 0 Å². The molecular weight excluding hydrogens is 312 g/mol. The molecule has 19 heavy (non-hydrogen) atoms. The molecule has 6 heteroatoms. The van der Waals surface area contributed by atoms with E-state index in [0.717, 1.165) is 11.0 Å². The first kappa shape index (κ1) is 15.9. The van der Waals surface area contributed by atoms with Crippen molar-refractivity contribution >= 4 is 21.8 Å². The molecule has 0 heterocycles. The topological polar surface area (TPSA) is 59.6 Å². The molecule has 0 spiro atoms. The molecule has 2 N–H and O–H groups in total. The fourth-order valence-electron chi connectivity index (χ4n) is 1.35. The standard InChI is InChI=1S/C13H19BrN2O3/c1-18-8-7-15-5-6-16-13(17)10-19-12-4-2-3-11(14)9-12/h2-4,9,15H,5-8,10H2,1H3,(H,16,17). The summed E-state index contributed by atoms with van der Waals surface area (Å²) in [5.41, 5.74) is 0. The maximum atomic E-state index is 11.5. The summed E-state index contributed by atoms with van der Waals surface area (Å²) >= 11 is 3.34. The molecule has 0 aliphatic carbocycles. The molecule has 106 valence electrons. The van der Waals surface area contributed by atoms with E-state index in [2.05, 4.69) is 26.6 Å². The Morgan fingerprint density at radius 1 is 1.32 bits per heavy atom. The number of amides is 1. The van der Waals surface area contributed by atoms with Crippen LogP contribution >= 0.6 is 15.9 Å². The van der Waals surface area contributed by atoms with Gasteiger partial charge in [0.2, 0.25) is 0 Å². The van der Waals surface area contributed by atoms with Gasteiger partial charge in [0, 0.05) is 31.2 Å². The molecule has 0 unspecified atom stereocenters. The number of methoxy groups -OCH3 is 1. The number of hydrogen-bond acceptors (Lipinski definition) is 4. The van der Waals surface area contributed by atoms with E-state index in [4.69, 9.17) is 9.47 Å². The predicted molar refractivity (Wildman–Crippen MR) is 77.4 cm³/mol. The fraction of sp³-hybridized carbons (Fsp3) is 0.462.